The fourth-order valence-electron chi connectivity index (χ4n) is 4.20. The van der Waals surface area contributed by atoms with Crippen molar-refractivity contribution in [1.82, 2.24) is 4.31 Å². The number of nitrogens with two attached hydrogens (primary N) is 1. The second-order valence-corrected chi connectivity index (χ2v) is 11.9. The number of benzene rings is 1. The van der Waals surface area contributed by atoms with Crippen molar-refractivity contribution in [1.29, 1.82) is 0 Å². The summed E-state index contributed by atoms with van der Waals surface area (Å²) in [5.74, 6) is 0. The minimum absolute atomic E-state index is 0.0414. The lowest BCUT2D eigenvalue weighted by atomic mass is 9.89. The van der Waals surface area contributed by atoms with Crippen molar-refractivity contribution in [3.63, 3.8) is 0 Å². The maximum absolute atomic E-state index is 12.8. The van der Waals surface area contributed by atoms with E-state index >= 15 is 0 Å². The molecule has 0 heterocycles. The molecule has 2 N–H and O–H groups in total. The largest absolute Gasteiger partial charge is 0.371 e. The minimum atomic E-state index is -4.08. The number of sulfonamides is 2. The number of hydrogen-bond acceptors (Lipinski definition) is 5. The van der Waals surface area contributed by atoms with Gasteiger partial charge in [-0.3, -0.25) is 0 Å². The summed E-state index contributed by atoms with van der Waals surface area (Å²) in [6.07, 6.45) is 8.64. The lowest BCUT2D eigenvalue weighted by Gasteiger charge is -2.36. The van der Waals surface area contributed by atoms with E-state index in [1.807, 2.05) is 19.2 Å². The van der Waals surface area contributed by atoms with Crippen molar-refractivity contribution < 1.29 is 16.8 Å². The molecule has 1 atom stereocenters. The molecule has 1 saturated carbocycles. The fraction of sp³-hybridized carbons (Fsp3) is 0.500. The van der Waals surface area contributed by atoms with Gasteiger partial charge < -0.3 is 4.90 Å². The monoisotopic (exact) mass is 439 g/mol. The molecule has 0 spiro atoms. The van der Waals surface area contributed by atoms with Crippen molar-refractivity contribution in [3.8, 4) is 0 Å². The zero-order valence-electron chi connectivity index (χ0n) is 17.1. The molecule has 2 aliphatic rings. The second kappa shape index (κ2) is 7.86. The molecule has 7 nitrogen and oxygen atoms in total. The number of anilines is 1. The molecule has 0 amide bonds. The summed E-state index contributed by atoms with van der Waals surface area (Å²) < 4.78 is 50.1. The van der Waals surface area contributed by atoms with Crippen LogP contribution in [0, 0.1) is 0 Å². The number of rotatable bonds is 6. The Labute approximate surface area is 174 Å². The van der Waals surface area contributed by atoms with E-state index in [1.165, 1.54) is 32.3 Å². The van der Waals surface area contributed by atoms with Crippen molar-refractivity contribution >= 4 is 25.7 Å². The van der Waals surface area contributed by atoms with Gasteiger partial charge in [-0.1, -0.05) is 43.2 Å². The molecule has 3 rings (SSSR count). The Morgan fingerprint density at radius 2 is 1.66 bits per heavy atom. The molecular formula is C20H29N3O4S2. The Hall–Kier alpha value is -1.68. The zero-order chi connectivity index (χ0) is 21.4. The molecular weight excluding hydrogens is 410 g/mol. The van der Waals surface area contributed by atoms with Gasteiger partial charge in [0.25, 0.3) is 0 Å². The first-order valence-electron chi connectivity index (χ1n) is 9.67. The molecule has 0 bridgehead atoms. The molecule has 9 heteroatoms. The smallest absolute Gasteiger partial charge is 0.242 e. The highest BCUT2D eigenvalue weighted by atomic mass is 32.2. The predicted octanol–water partition coefficient (Wildman–Crippen LogP) is 2.28. The van der Waals surface area contributed by atoms with Gasteiger partial charge in [0.15, 0.2) is 0 Å². The highest BCUT2D eigenvalue weighted by Crippen LogP contribution is 2.44. The van der Waals surface area contributed by atoms with Gasteiger partial charge in [-0.15, -0.1) is 0 Å². The minimum Gasteiger partial charge on any atom is -0.371 e. The first-order valence-corrected chi connectivity index (χ1v) is 12.7. The summed E-state index contributed by atoms with van der Waals surface area (Å²) >= 11 is 0. The summed E-state index contributed by atoms with van der Waals surface area (Å²) in [7, 11) is -2.87. The lowest BCUT2D eigenvalue weighted by Crippen LogP contribution is -2.42. The summed E-state index contributed by atoms with van der Waals surface area (Å²) in [6.45, 7) is 0. The Morgan fingerprint density at radius 3 is 2.17 bits per heavy atom. The quantitative estimate of drug-likeness (QED) is 0.733. The molecule has 0 aliphatic heterocycles. The molecule has 160 valence electrons. The summed E-state index contributed by atoms with van der Waals surface area (Å²) in [5, 5.41) is 5.73. The number of para-hydroxylation sites is 1. The third-order valence-corrected chi connectivity index (χ3v) is 9.42. The van der Waals surface area contributed by atoms with E-state index in [9.17, 15) is 16.8 Å². The molecule has 29 heavy (non-hydrogen) atoms. The van der Waals surface area contributed by atoms with Gasteiger partial charge in [0, 0.05) is 38.4 Å². The normalized spacial score (nSPS) is 23.4. The van der Waals surface area contributed by atoms with Crippen LogP contribution in [-0.2, 0) is 24.8 Å². The zero-order valence-corrected chi connectivity index (χ0v) is 18.7. The van der Waals surface area contributed by atoms with Gasteiger partial charge in [0.1, 0.15) is 4.75 Å². The molecule has 1 aromatic carbocycles. The molecule has 0 radical (unpaired) electrons. The Kier molecular flexibility index (Phi) is 5.97. The Balaban J connectivity index is 2.10. The van der Waals surface area contributed by atoms with Crippen LogP contribution in [0.15, 0.2) is 47.4 Å². The predicted molar refractivity (Wildman–Crippen MR) is 116 cm³/mol. The Bertz CT molecular complexity index is 1040. The second-order valence-electron chi connectivity index (χ2n) is 7.93. The van der Waals surface area contributed by atoms with Crippen molar-refractivity contribution in [2.24, 2.45) is 5.14 Å². The SMILES string of the molecule is CN(c1ccccc1C1(S(N)(=O)=O)C=CC(S(=O)(=O)N(C)C)=CC1)C1CCCC1. The average molecular weight is 440 g/mol. The van der Waals surface area contributed by atoms with E-state index in [1.54, 1.807) is 12.1 Å². The van der Waals surface area contributed by atoms with Gasteiger partial charge in [0.05, 0.1) is 4.91 Å². The van der Waals surface area contributed by atoms with Crippen LogP contribution in [-0.4, -0.2) is 48.3 Å². The number of nitrogens with zero attached hydrogens (tertiary/aromatic N) is 2. The van der Waals surface area contributed by atoms with Crippen LogP contribution in [0.25, 0.3) is 0 Å². The summed E-state index contributed by atoms with van der Waals surface area (Å²) in [4.78, 5) is 2.21. The first-order chi connectivity index (χ1) is 13.5. The third kappa shape index (κ3) is 3.88. The highest BCUT2D eigenvalue weighted by Gasteiger charge is 2.45. The van der Waals surface area contributed by atoms with Crippen LogP contribution >= 0.6 is 0 Å². The van der Waals surface area contributed by atoms with Crippen LogP contribution in [0.4, 0.5) is 5.69 Å². The first kappa shape index (κ1) is 22.0. The molecule has 0 aromatic heterocycles. The standard InChI is InChI=1S/C20H29N3O4S2/c1-22(2)28(24,25)17-12-14-20(15-13-17,29(21,26)27)18-10-6-7-11-19(18)23(3)16-8-4-5-9-16/h6-7,10-14,16H,4-5,8-9,15H2,1-3H3,(H2,21,26,27). The maximum atomic E-state index is 12.8. The van der Waals surface area contributed by atoms with Crippen molar-refractivity contribution in [2.75, 3.05) is 26.0 Å². The van der Waals surface area contributed by atoms with E-state index in [-0.39, 0.29) is 11.3 Å². The fourth-order valence-corrected chi connectivity index (χ4v) is 6.21. The maximum Gasteiger partial charge on any atom is 0.242 e. The van der Waals surface area contributed by atoms with E-state index in [0.717, 1.165) is 35.7 Å². The lowest BCUT2D eigenvalue weighted by molar-refractivity contribution is 0.527. The van der Waals surface area contributed by atoms with Gasteiger partial charge >= 0.3 is 0 Å². The number of primary sulfonamides is 1. The van der Waals surface area contributed by atoms with E-state index in [4.69, 9.17) is 5.14 Å². The van der Waals surface area contributed by atoms with Gasteiger partial charge in [-0.05, 0) is 31.4 Å². The van der Waals surface area contributed by atoms with Crippen LogP contribution in [0.3, 0.4) is 0 Å². The van der Waals surface area contributed by atoms with E-state index < -0.39 is 24.8 Å². The van der Waals surface area contributed by atoms with Gasteiger partial charge in [-0.25, -0.2) is 26.3 Å². The van der Waals surface area contributed by atoms with Crippen LogP contribution in [0.5, 0.6) is 0 Å². The highest BCUT2D eigenvalue weighted by molar-refractivity contribution is 7.93. The molecule has 1 aromatic rings. The van der Waals surface area contributed by atoms with E-state index in [2.05, 4.69) is 4.90 Å². The van der Waals surface area contributed by atoms with E-state index in [0.29, 0.717) is 11.6 Å². The van der Waals surface area contributed by atoms with Crippen molar-refractivity contribution in [3.05, 3.63) is 53.0 Å². The number of hydrogen-bond donors (Lipinski definition) is 1. The van der Waals surface area contributed by atoms with Crippen molar-refractivity contribution in [2.45, 2.75) is 42.9 Å². The molecule has 1 fully saturated rings. The number of allylic oxidation sites excluding steroid dienone is 2. The summed E-state index contributed by atoms with van der Waals surface area (Å²) in [5.41, 5.74) is 1.39. The Morgan fingerprint density at radius 1 is 1.03 bits per heavy atom. The molecule has 2 aliphatic carbocycles. The average Bonchev–Trinajstić information content (AvgIpc) is 3.21. The molecule has 1 unspecified atom stereocenters. The topological polar surface area (TPSA) is 101 Å². The van der Waals surface area contributed by atoms with Crippen LogP contribution in [0.2, 0.25) is 0 Å². The summed E-state index contributed by atoms with van der Waals surface area (Å²) in [6, 6.07) is 7.70. The third-order valence-electron chi connectivity index (χ3n) is 6.02. The molecule has 0 saturated heterocycles. The van der Waals surface area contributed by atoms with Gasteiger partial charge in [-0.2, -0.15) is 0 Å². The van der Waals surface area contributed by atoms with Gasteiger partial charge in [0.2, 0.25) is 20.0 Å². The van der Waals surface area contributed by atoms with Crippen LogP contribution < -0.4 is 10.0 Å². The van der Waals surface area contributed by atoms with Crippen LogP contribution in [0.1, 0.15) is 37.7 Å².